The lowest BCUT2D eigenvalue weighted by atomic mass is 9.79. The van der Waals surface area contributed by atoms with E-state index in [0.29, 0.717) is 0 Å². The Morgan fingerprint density at radius 2 is 0.706 bits per heavy atom. The maximum atomic E-state index is 2.54. The molecular weight excluding hydrogens is 408 g/mol. The molecule has 0 nitrogen and oxygen atoms in total. The van der Waals surface area contributed by atoms with E-state index < -0.39 is 0 Å². The fourth-order valence-corrected chi connectivity index (χ4v) is 6.37. The van der Waals surface area contributed by atoms with Crippen molar-refractivity contribution < 1.29 is 0 Å². The fraction of sp³-hybridized carbons (Fsp3) is 1.00. The van der Waals surface area contributed by atoms with E-state index in [9.17, 15) is 0 Å². The molecule has 1 fully saturated rings. The van der Waals surface area contributed by atoms with E-state index in [2.05, 4.69) is 13.8 Å². The Morgan fingerprint density at radius 1 is 0.412 bits per heavy atom. The molecule has 0 aromatic heterocycles. The molecule has 1 aliphatic rings. The number of hydrogen-bond donors (Lipinski definition) is 0. The number of unbranched alkanes of at least 4 members (excludes halogenated alkanes) is 23. The molecule has 1 atom stereocenters. The summed E-state index contributed by atoms with van der Waals surface area (Å²) in [5.41, 5.74) is 0. The average molecular weight is 477 g/mol. The second kappa shape index (κ2) is 26.1. The molecule has 1 unspecified atom stereocenters. The molecule has 0 amide bonds. The summed E-state index contributed by atoms with van der Waals surface area (Å²) in [4.78, 5) is 0. The molecule has 0 aromatic carbocycles. The summed E-state index contributed by atoms with van der Waals surface area (Å²) in [5.74, 6) is 2.07. The van der Waals surface area contributed by atoms with E-state index in [-0.39, 0.29) is 0 Å². The van der Waals surface area contributed by atoms with E-state index in [1.54, 1.807) is 0 Å². The van der Waals surface area contributed by atoms with Crippen LogP contribution >= 0.6 is 0 Å². The lowest BCUT2D eigenvalue weighted by Gasteiger charge is -2.27. The SMILES string of the molecule is CCCCCCCCCCCCCCCCCCCCCCCCCCC(C)C1CCCCC1. The van der Waals surface area contributed by atoms with Crippen LogP contribution in [0.3, 0.4) is 0 Å². The molecule has 0 bridgehead atoms. The first-order valence-corrected chi connectivity index (χ1v) is 16.8. The molecule has 0 heterocycles. The third-order valence-corrected chi connectivity index (χ3v) is 8.97. The predicted octanol–water partition coefficient (Wildman–Crippen LogP) is 13.0. The highest BCUT2D eigenvalue weighted by Crippen LogP contribution is 2.32. The molecule has 1 saturated carbocycles. The summed E-state index contributed by atoms with van der Waals surface area (Å²) in [6.07, 6.45) is 44.8. The van der Waals surface area contributed by atoms with Gasteiger partial charge in [0.15, 0.2) is 0 Å². The van der Waals surface area contributed by atoms with Crippen LogP contribution in [-0.4, -0.2) is 0 Å². The van der Waals surface area contributed by atoms with E-state index in [0.717, 1.165) is 11.8 Å². The molecule has 34 heavy (non-hydrogen) atoms. The van der Waals surface area contributed by atoms with Crippen LogP contribution in [0, 0.1) is 11.8 Å². The van der Waals surface area contributed by atoms with Crippen LogP contribution in [0.4, 0.5) is 0 Å². The topological polar surface area (TPSA) is 0 Å². The third kappa shape index (κ3) is 21.3. The van der Waals surface area contributed by atoms with E-state index in [1.807, 2.05) is 0 Å². The molecule has 0 aromatic rings. The minimum atomic E-state index is 1.00. The number of hydrogen-bond acceptors (Lipinski definition) is 0. The maximum Gasteiger partial charge on any atom is -0.0388 e. The van der Waals surface area contributed by atoms with Crippen LogP contribution in [0.15, 0.2) is 0 Å². The van der Waals surface area contributed by atoms with Crippen molar-refractivity contribution >= 4 is 0 Å². The Hall–Kier alpha value is 0. The smallest absolute Gasteiger partial charge is 0.0388 e. The van der Waals surface area contributed by atoms with E-state index in [1.165, 1.54) is 193 Å². The van der Waals surface area contributed by atoms with E-state index in [4.69, 9.17) is 0 Å². The molecule has 204 valence electrons. The van der Waals surface area contributed by atoms with Gasteiger partial charge in [-0.1, -0.05) is 206 Å². The molecule has 0 aliphatic heterocycles. The predicted molar refractivity (Wildman–Crippen MR) is 157 cm³/mol. The molecule has 0 radical (unpaired) electrons. The van der Waals surface area contributed by atoms with Crippen LogP contribution in [-0.2, 0) is 0 Å². The Kier molecular flexibility index (Phi) is 24.6. The van der Waals surface area contributed by atoms with Gasteiger partial charge >= 0.3 is 0 Å². The lowest BCUT2D eigenvalue weighted by molar-refractivity contribution is 0.247. The Labute approximate surface area is 218 Å². The molecule has 0 spiro atoms. The van der Waals surface area contributed by atoms with Crippen molar-refractivity contribution in [3.63, 3.8) is 0 Å². The maximum absolute atomic E-state index is 2.54. The quantitative estimate of drug-likeness (QED) is 0.109. The zero-order chi connectivity index (χ0) is 24.4. The summed E-state index contributed by atoms with van der Waals surface area (Å²) in [5, 5.41) is 0. The normalized spacial score (nSPS) is 15.7. The third-order valence-electron chi connectivity index (χ3n) is 8.97. The largest absolute Gasteiger partial charge is 0.0654 e. The van der Waals surface area contributed by atoms with Crippen LogP contribution in [0.5, 0.6) is 0 Å². The lowest BCUT2D eigenvalue weighted by Crippen LogP contribution is -2.15. The monoisotopic (exact) mass is 477 g/mol. The molecule has 1 aliphatic carbocycles. The first kappa shape index (κ1) is 32.0. The van der Waals surface area contributed by atoms with Gasteiger partial charge in [0.05, 0.1) is 0 Å². The molecule has 0 saturated heterocycles. The van der Waals surface area contributed by atoms with Crippen molar-refractivity contribution in [3.05, 3.63) is 0 Å². The zero-order valence-corrected chi connectivity index (χ0v) is 24.4. The first-order chi connectivity index (χ1) is 16.8. The van der Waals surface area contributed by atoms with Gasteiger partial charge in [-0.3, -0.25) is 0 Å². The van der Waals surface area contributed by atoms with Crippen LogP contribution in [0.25, 0.3) is 0 Å². The van der Waals surface area contributed by atoms with Gasteiger partial charge in [-0.25, -0.2) is 0 Å². The minimum absolute atomic E-state index is 1.00. The van der Waals surface area contributed by atoms with Crippen molar-refractivity contribution in [2.24, 2.45) is 11.8 Å². The van der Waals surface area contributed by atoms with Gasteiger partial charge in [0.25, 0.3) is 0 Å². The van der Waals surface area contributed by atoms with Crippen molar-refractivity contribution in [2.45, 2.75) is 206 Å². The van der Waals surface area contributed by atoms with Crippen molar-refractivity contribution in [1.29, 1.82) is 0 Å². The van der Waals surface area contributed by atoms with Gasteiger partial charge in [0.2, 0.25) is 0 Å². The van der Waals surface area contributed by atoms with Gasteiger partial charge in [0.1, 0.15) is 0 Å². The minimum Gasteiger partial charge on any atom is -0.0654 e. The molecule has 0 heteroatoms. The molecular formula is C34H68. The molecule has 0 N–H and O–H groups in total. The molecule has 1 rings (SSSR count). The Bertz CT molecular complexity index is 366. The highest BCUT2D eigenvalue weighted by Gasteiger charge is 2.19. The standard InChI is InChI=1S/C34H68/c1-3-4-5-6-7-8-9-10-11-12-13-14-15-16-17-18-19-20-21-22-23-24-25-27-30-33(2)34-31-28-26-29-32-34/h33-34H,3-32H2,1-2H3. The summed E-state index contributed by atoms with van der Waals surface area (Å²) < 4.78 is 0. The van der Waals surface area contributed by atoms with Gasteiger partial charge < -0.3 is 0 Å². The Morgan fingerprint density at radius 3 is 1.03 bits per heavy atom. The summed E-state index contributed by atoms with van der Waals surface area (Å²) in [6.45, 7) is 4.84. The summed E-state index contributed by atoms with van der Waals surface area (Å²) in [7, 11) is 0. The highest BCUT2D eigenvalue weighted by atomic mass is 14.2. The Balaban J connectivity index is 1.65. The van der Waals surface area contributed by atoms with Crippen LogP contribution in [0.1, 0.15) is 206 Å². The second-order valence-corrected chi connectivity index (χ2v) is 12.3. The van der Waals surface area contributed by atoms with Crippen LogP contribution in [0.2, 0.25) is 0 Å². The summed E-state index contributed by atoms with van der Waals surface area (Å²) in [6, 6.07) is 0. The van der Waals surface area contributed by atoms with E-state index >= 15 is 0 Å². The average Bonchev–Trinajstić information content (AvgIpc) is 2.87. The van der Waals surface area contributed by atoms with Crippen molar-refractivity contribution in [1.82, 2.24) is 0 Å². The number of rotatable bonds is 26. The zero-order valence-electron chi connectivity index (χ0n) is 24.4. The summed E-state index contributed by atoms with van der Waals surface area (Å²) >= 11 is 0. The van der Waals surface area contributed by atoms with Crippen LogP contribution < -0.4 is 0 Å². The first-order valence-electron chi connectivity index (χ1n) is 16.8. The second-order valence-electron chi connectivity index (χ2n) is 12.3. The van der Waals surface area contributed by atoms with Crippen molar-refractivity contribution in [3.8, 4) is 0 Å². The van der Waals surface area contributed by atoms with Gasteiger partial charge in [-0.15, -0.1) is 0 Å². The van der Waals surface area contributed by atoms with Gasteiger partial charge in [-0.05, 0) is 11.8 Å². The van der Waals surface area contributed by atoms with Gasteiger partial charge in [0, 0.05) is 0 Å². The highest BCUT2D eigenvalue weighted by molar-refractivity contribution is 4.71. The fourth-order valence-electron chi connectivity index (χ4n) is 6.37. The van der Waals surface area contributed by atoms with Gasteiger partial charge in [-0.2, -0.15) is 0 Å². The van der Waals surface area contributed by atoms with Crippen molar-refractivity contribution in [2.75, 3.05) is 0 Å².